The molecule has 2 amide bonds. The summed E-state index contributed by atoms with van der Waals surface area (Å²) in [5.74, 6) is -0.697. The fourth-order valence-corrected chi connectivity index (χ4v) is 3.77. The number of hydrogen-bond donors (Lipinski definition) is 1. The van der Waals surface area contributed by atoms with Gasteiger partial charge in [-0.2, -0.15) is 0 Å². The van der Waals surface area contributed by atoms with Crippen molar-refractivity contribution >= 4 is 23.2 Å². The molecule has 2 fully saturated rings. The van der Waals surface area contributed by atoms with Crippen molar-refractivity contribution in [2.24, 2.45) is 0 Å². The summed E-state index contributed by atoms with van der Waals surface area (Å²) in [6.07, 6.45) is 0.132. The summed E-state index contributed by atoms with van der Waals surface area (Å²) < 4.78 is 13.1. The number of anilines is 2. The highest BCUT2D eigenvalue weighted by Gasteiger charge is 2.43. The van der Waals surface area contributed by atoms with Crippen LogP contribution in [0.3, 0.4) is 0 Å². The van der Waals surface area contributed by atoms with Gasteiger partial charge < -0.3 is 10.0 Å². The molecule has 2 heterocycles. The number of amides is 2. The number of carbonyl (C=O) groups is 2. The molecule has 6 nitrogen and oxygen atoms in total. The van der Waals surface area contributed by atoms with E-state index in [1.807, 2.05) is 17.0 Å². The van der Waals surface area contributed by atoms with Crippen molar-refractivity contribution in [3.63, 3.8) is 0 Å². The summed E-state index contributed by atoms with van der Waals surface area (Å²) in [4.78, 5) is 30.5. The van der Waals surface area contributed by atoms with Gasteiger partial charge in [-0.1, -0.05) is 12.1 Å². The molecule has 27 heavy (non-hydrogen) atoms. The molecule has 0 spiro atoms. The topological polar surface area (TPSA) is 64.1 Å². The molecular weight excluding hydrogens is 349 g/mol. The Bertz CT molecular complexity index is 863. The van der Waals surface area contributed by atoms with Crippen LogP contribution in [-0.4, -0.2) is 54.0 Å². The molecule has 4 rings (SSSR count). The number of aromatic hydroxyl groups is 1. The van der Waals surface area contributed by atoms with Gasteiger partial charge in [0.15, 0.2) is 0 Å². The van der Waals surface area contributed by atoms with Crippen LogP contribution in [0.25, 0.3) is 0 Å². The molecule has 0 saturated carbocycles. The van der Waals surface area contributed by atoms with E-state index in [2.05, 4.69) is 4.90 Å². The summed E-state index contributed by atoms with van der Waals surface area (Å²) in [7, 11) is 0. The van der Waals surface area contributed by atoms with Crippen molar-refractivity contribution in [3.8, 4) is 5.75 Å². The molecule has 2 aromatic rings. The number of carbonyl (C=O) groups excluding carboxylic acids is 2. The number of imide groups is 1. The molecule has 0 unspecified atom stereocenters. The first-order chi connectivity index (χ1) is 13.0. The summed E-state index contributed by atoms with van der Waals surface area (Å²) in [5.41, 5.74) is 1.18. The van der Waals surface area contributed by atoms with Gasteiger partial charge in [0, 0.05) is 26.2 Å². The van der Waals surface area contributed by atoms with Gasteiger partial charge in [-0.15, -0.1) is 0 Å². The molecule has 1 atom stereocenters. The Morgan fingerprint density at radius 3 is 2.26 bits per heavy atom. The molecule has 2 aromatic carbocycles. The van der Waals surface area contributed by atoms with Gasteiger partial charge in [-0.3, -0.25) is 14.5 Å². The highest BCUT2D eigenvalue weighted by atomic mass is 19.1. The molecule has 0 radical (unpaired) electrons. The van der Waals surface area contributed by atoms with Gasteiger partial charge in [-0.25, -0.2) is 9.29 Å². The third-order valence-electron chi connectivity index (χ3n) is 5.19. The Hall–Kier alpha value is -2.93. The van der Waals surface area contributed by atoms with E-state index in [0.29, 0.717) is 31.9 Å². The summed E-state index contributed by atoms with van der Waals surface area (Å²) in [5, 5.41) is 10.0. The van der Waals surface area contributed by atoms with Crippen LogP contribution in [0.15, 0.2) is 48.5 Å². The summed E-state index contributed by atoms with van der Waals surface area (Å²) in [6, 6.07) is 12.1. The Kier molecular flexibility index (Phi) is 4.53. The van der Waals surface area contributed by atoms with Crippen LogP contribution in [0.4, 0.5) is 15.8 Å². The van der Waals surface area contributed by atoms with E-state index in [4.69, 9.17) is 0 Å². The van der Waals surface area contributed by atoms with Gasteiger partial charge in [0.05, 0.1) is 23.8 Å². The minimum absolute atomic E-state index is 0.132. The molecule has 1 N–H and O–H groups in total. The number of piperazine rings is 1. The Morgan fingerprint density at radius 1 is 0.926 bits per heavy atom. The monoisotopic (exact) mass is 369 g/mol. The molecule has 2 saturated heterocycles. The average molecular weight is 369 g/mol. The molecule has 0 aromatic heterocycles. The van der Waals surface area contributed by atoms with E-state index in [0.717, 1.165) is 10.6 Å². The number of hydrogen-bond acceptors (Lipinski definition) is 5. The van der Waals surface area contributed by atoms with Crippen LogP contribution in [0.2, 0.25) is 0 Å². The zero-order chi connectivity index (χ0) is 19.0. The minimum atomic E-state index is -0.492. The molecular formula is C20H20FN3O3. The van der Waals surface area contributed by atoms with Gasteiger partial charge >= 0.3 is 0 Å². The maximum Gasteiger partial charge on any atom is 0.251 e. The van der Waals surface area contributed by atoms with E-state index in [1.165, 1.54) is 24.3 Å². The molecule has 0 aliphatic carbocycles. The largest absolute Gasteiger partial charge is 0.506 e. The predicted molar refractivity (Wildman–Crippen MR) is 99.2 cm³/mol. The van der Waals surface area contributed by atoms with Crippen LogP contribution in [0.5, 0.6) is 5.75 Å². The van der Waals surface area contributed by atoms with Crippen LogP contribution >= 0.6 is 0 Å². The van der Waals surface area contributed by atoms with Gasteiger partial charge in [0.1, 0.15) is 11.6 Å². The molecule has 0 bridgehead atoms. The Morgan fingerprint density at radius 2 is 1.59 bits per heavy atom. The van der Waals surface area contributed by atoms with Crippen LogP contribution in [0.1, 0.15) is 6.42 Å². The average Bonchev–Trinajstić information content (AvgIpc) is 2.97. The number of para-hydroxylation sites is 2. The second kappa shape index (κ2) is 7.00. The lowest BCUT2D eigenvalue weighted by molar-refractivity contribution is -0.123. The quantitative estimate of drug-likeness (QED) is 0.839. The third-order valence-corrected chi connectivity index (χ3v) is 5.19. The van der Waals surface area contributed by atoms with E-state index < -0.39 is 11.9 Å². The number of halogens is 1. The Labute approximate surface area is 156 Å². The lowest BCUT2D eigenvalue weighted by atomic mass is 10.1. The number of phenols is 1. The van der Waals surface area contributed by atoms with Crippen LogP contribution in [-0.2, 0) is 9.59 Å². The third kappa shape index (κ3) is 3.26. The van der Waals surface area contributed by atoms with Gasteiger partial charge in [0.2, 0.25) is 5.91 Å². The zero-order valence-electron chi connectivity index (χ0n) is 14.7. The number of nitrogens with zero attached hydrogens (tertiary/aromatic N) is 3. The fourth-order valence-electron chi connectivity index (χ4n) is 3.77. The van der Waals surface area contributed by atoms with Crippen molar-refractivity contribution in [1.82, 2.24) is 4.90 Å². The lowest BCUT2D eigenvalue weighted by Crippen LogP contribution is -2.52. The molecule has 2 aliphatic heterocycles. The Balaban J connectivity index is 1.44. The van der Waals surface area contributed by atoms with Crippen molar-refractivity contribution in [3.05, 3.63) is 54.3 Å². The first-order valence-electron chi connectivity index (χ1n) is 8.94. The molecule has 7 heteroatoms. The highest BCUT2D eigenvalue weighted by Crippen LogP contribution is 2.30. The predicted octanol–water partition coefficient (Wildman–Crippen LogP) is 1.99. The first kappa shape index (κ1) is 17.5. The second-order valence-corrected chi connectivity index (χ2v) is 6.78. The normalized spacial score (nSPS) is 21.1. The fraction of sp³-hybridized carbons (Fsp3) is 0.300. The van der Waals surface area contributed by atoms with E-state index >= 15 is 0 Å². The first-order valence-corrected chi connectivity index (χ1v) is 8.94. The van der Waals surface area contributed by atoms with Gasteiger partial charge in [-0.05, 0) is 36.4 Å². The molecule has 140 valence electrons. The lowest BCUT2D eigenvalue weighted by Gasteiger charge is -2.38. The number of phenolic OH excluding ortho intramolecular Hbond substituents is 1. The van der Waals surface area contributed by atoms with E-state index in [-0.39, 0.29) is 24.0 Å². The molecule has 2 aliphatic rings. The maximum atomic E-state index is 13.1. The van der Waals surface area contributed by atoms with Gasteiger partial charge in [0.25, 0.3) is 5.91 Å². The highest BCUT2D eigenvalue weighted by molar-refractivity contribution is 6.22. The standard InChI is InChI=1S/C20H20FN3O3/c21-14-5-7-15(8-6-14)24-19(26)13-17(20(24)27)23-11-9-22(10-12-23)16-3-1-2-4-18(16)25/h1-8,17,25H,9-13H2/t17-/m0/s1. The van der Waals surface area contributed by atoms with Crippen molar-refractivity contribution in [1.29, 1.82) is 0 Å². The van der Waals surface area contributed by atoms with Crippen molar-refractivity contribution in [2.45, 2.75) is 12.5 Å². The maximum absolute atomic E-state index is 13.1. The summed E-state index contributed by atoms with van der Waals surface area (Å²) in [6.45, 7) is 2.56. The van der Waals surface area contributed by atoms with E-state index in [1.54, 1.807) is 12.1 Å². The smallest absolute Gasteiger partial charge is 0.251 e. The van der Waals surface area contributed by atoms with Crippen molar-refractivity contribution in [2.75, 3.05) is 36.0 Å². The zero-order valence-corrected chi connectivity index (χ0v) is 14.7. The minimum Gasteiger partial charge on any atom is -0.506 e. The van der Waals surface area contributed by atoms with Crippen LogP contribution < -0.4 is 9.80 Å². The van der Waals surface area contributed by atoms with Crippen LogP contribution in [0, 0.1) is 5.82 Å². The second-order valence-electron chi connectivity index (χ2n) is 6.78. The number of rotatable bonds is 3. The SMILES string of the molecule is O=C1C[C@H](N2CCN(c3ccccc3O)CC2)C(=O)N1c1ccc(F)cc1. The summed E-state index contributed by atoms with van der Waals surface area (Å²) >= 11 is 0. The van der Waals surface area contributed by atoms with Crippen molar-refractivity contribution < 1.29 is 19.1 Å². The van der Waals surface area contributed by atoms with E-state index in [9.17, 15) is 19.1 Å². The number of benzene rings is 2.